The van der Waals surface area contributed by atoms with Crippen molar-refractivity contribution >= 4 is 21.6 Å². The van der Waals surface area contributed by atoms with Crippen LogP contribution in [0.25, 0.3) is 0 Å². The van der Waals surface area contributed by atoms with Crippen molar-refractivity contribution in [3.05, 3.63) is 18.2 Å². The molecule has 0 spiro atoms. The highest BCUT2D eigenvalue weighted by atomic mass is 35.5. The third-order valence-electron chi connectivity index (χ3n) is 1.80. The van der Waals surface area contributed by atoms with Crippen molar-refractivity contribution in [2.75, 3.05) is 11.6 Å². The van der Waals surface area contributed by atoms with Gasteiger partial charge in [-0.2, -0.15) is 0 Å². The van der Waals surface area contributed by atoms with Crippen LogP contribution in [0.4, 0.5) is 0 Å². The van der Waals surface area contributed by atoms with Crippen LogP contribution in [0.1, 0.15) is 12.6 Å². The van der Waals surface area contributed by atoms with E-state index in [-0.39, 0.29) is 18.2 Å². The summed E-state index contributed by atoms with van der Waals surface area (Å²) < 4.78 is 25.5. The Morgan fingerprint density at radius 1 is 1.67 bits per heavy atom. The Morgan fingerprint density at radius 3 is 2.93 bits per heavy atom. The predicted octanol–water partition coefficient (Wildman–Crippen LogP) is 0.704. The highest BCUT2D eigenvalue weighted by Gasteiger charge is 2.14. The molecule has 0 aliphatic rings. The molecule has 1 rings (SSSR count). The van der Waals surface area contributed by atoms with Crippen molar-refractivity contribution in [3.8, 4) is 0 Å². The summed E-state index contributed by atoms with van der Waals surface area (Å²) in [4.78, 5) is 6.60. The Bertz CT molecular complexity index is 377. The van der Waals surface area contributed by atoms with Gasteiger partial charge in [-0.3, -0.25) is 0 Å². The minimum atomic E-state index is -3.25. The Labute approximate surface area is 94.3 Å². The van der Waals surface area contributed by atoms with Crippen LogP contribution in [0.3, 0.4) is 0 Å². The van der Waals surface area contributed by atoms with Gasteiger partial charge in [0.2, 0.25) is 10.0 Å². The number of aromatic amines is 1. The van der Waals surface area contributed by atoms with E-state index >= 15 is 0 Å². The van der Waals surface area contributed by atoms with E-state index < -0.39 is 10.0 Å². The van der Waals surface area contributed by atoms with Crippen LogP contribution in [-0.2, 0) is 16.6 Å². The summed E-state index contributed by atoms with van der Waals surface area (Å²) in [7, 11) is -3.25. The second-order valence-electron chi connectivity index (χ2n) is 3.44. The molecule has 0 aliphatic carbocycles. The second-order valence-corrected chi connectivity index (χ2v) is 5.60. The van der Waals surface area contributed by atoms with E-state index in [4.69, 9.17) is 11.6 Å². The lowest BCUT2D eigenvalue weighted by Crippen LogP contribution is -2.29. The molecule has 0 aliphatic heterocycles. The van der Waals surface area contributed by atoms with Crippen molar-refractivity contribution in [1.82, 2.24) is 14.7 Å². The van der Waals surface area contributed by atoms with E-state index in [1.165, 1.54) is 6.33 Å². The van der Waals surface area contributed by atoms with Gasteiger partial charge in [-0.15, -0.1) is 11.6 Å². The van der Waals surface area contributed by atoms with Crippen molar-refractivity contribution in [2.24, 2.45) is 5.92 Å². The number of nitrogens with one attached hydrogen (secondary N) is 2. The van der Waals surface area contributed by atoms with E-state index in [1.807, 2.05) is 0 Å². The zero-order valence-electron chi connectivity index (χ0n) is 8.40. The van der Waals surface area contributed by atoms with Gasteiger partial charge in [0.05, 0.1) is 18.6 Å². The number of imidazole rings is 1. The molecule has 1 aromatic heterocycles. The molecule has 0 saturated carbocycles. The molecule has 0 fully saturated rings. The van der Waals surface area contributed by atoms with Gasteiger partial charge < -0.3 is 4.98 Å². The van der Waals surface area contributed by atoms with Gasteiger partial charge in [0, 0.05) is 17.8 Å². The predicted molar refractivity (Wildman–Crippen MR) is 59.1 cm³/mol. The van der Waals surface area contributed by atoms with Gasteiger partial charge in [-0.05, 0) is 5.92 Å². The first-order valence-corrected chi connectivity index (χ1v) is 6.72. The minimum Gasteiger partial charge on any atom is -0.347 e. The molecule has 1 aromatic rings. The van der Waals surface area contributed by atoms with Gasteiger partial charge in [-0.25, -0.2) is 18.1 Å². The van der Waals surface area contributed by atoms with Crippen LogP contribution >= 0.6 is 11.6 Å². The van der Waals surface area contributed by atoms with Crippen LogP contribution in [0, 0.1) is 5.92 Å². The topological polar surface area (TPSA) is 74.8 Å². The number of rotatable bonds is 6. The molecule has 2 N–H and O–H groups in total. The van der Waals surface area contributed by atoms with Gasteiger partial charge in [0.1, 0.15) is 0 Å². The van der Waals surface area contributed by atoms with Crippen LogP contribution in [0.2, 0.25) is 0 Å². The maximum absolute atomic E-state index is 11.5. The lowest BCUT2D eigenvalue weighted by Gasteiger charge is -2.09. The molecule has 0 amide bonds. The van der Waals surface area contributed by atoms with Gasteiger partial charge in [0.15, 0.2) is 0 Å². The first-order valence-electron chi connectivity index (χ1n) is 4.54. The summed E-state index contributed by atoms with van der Waals surface area (Å²) in [6.45, 7) is 2.03. The fourth-order valence-corrected chi connectivity index (χ4v) is 2.65. The molecular formula is C8H14ClN3O2S. The van der Waals surface area contributed by atoms with Gasteiger partial charge in [-0.1, -0.05) is 6.92 Å². The maximum atomic E-state index is 11.5. The summed E-state index contributed by atoms with van der Waals surface area (Å²) in [6.07, 6.45) is 3.08. The number of alkyl halides is 1. The highest BCUT2D eigenvalue weighted by molar-refractivity contribution is 7.89. The average molecular weight is 252 g/mol. The molecule has 1 atom stereocenters. The van der Waals surface area contributed by atoms with Crippen molar-refractivity contribution in [2.45, 2.75) is 13.5 Å². The van der Waals surface area contributed by atoms with E-state index in [0.29, 0.717) is 5.88 Å². The van der Waals surface area contributed by atoms with Crippen molar-refractivity contribution < 1.29 is 8.42 Å². The molecular weight excluding hydrogens is 238 g/mol. The van der Waals surface area contributed by atoms with E-state index in [9.17, 15) is 8.42 Å². The zero-order valence-corrected chi connectivity index (χ0v) is 9.98. The third-order valence-corrected chi connectivity index (χ3v) is 3.92. The normalized spacial score (nSPS) is 14.0. The molecule has 7 heteroatoms. The number of H-pyrrole nitrogens is 1. The van der Waals surface area contributed by atoms with Crippen LogP contribution in [0.15, 0.2) is 12.5 Å². The molecule has 0 aromatic carbocycles. The smallest absolute Gasteiger partial charge is 0.212 e. The molecule has 0 radical (unpaired) electrons. The summed E-state index contributed by atoms with van der Waals surface area (Å²) in [5.41, 5.74) is 0.733. The Morgan fingerprint density at radius 2 is 2.40 bits per heavy atom. The number of nitrogens with zero attached hydrogens (tertiary/aromatic N) is 1. The summed E-state index contributed by atoms with van der Waals surface area (Å²) in [5.74, 6) is 0.334. The zero-order chi connectivity index (χ0) is 11.3. The molecule has 1 unspecified atom stereocenters. The van der Waals surface area contributed by atoms with Gasteiger partial charge >= 0.3 is 0 Å². The molecule has 0 bridgehead atoms. The van der Waals surface area contributed by atoms with Crippen molar-refractivity contribution in [3.63, 3.8) is 0 Å². The number of aromatic nitrogens is 2. The van der Waals surface area contributed by atoms with E-state index in [0.717, 1.165) is 5.69 Å². The number of sulfonamides is 1. The van der Waals surface area contributed by atoms with E-state index in [1.54, 1.807) is 13.1 Å². The fourth-order valence-electron chi connectivity index (χ4n) is 1.05. The number of hydrogen-bond acceptors (Lipinski definition) is 3. The molecule has 1 heterocycles. The molecule has 0 saturated heterocycles. The SMILES string of the molecule is CC(CCl)CS(=O)(=O)NCc1cnc[nH]1. The quantitative estimate of drug-likeness (QED) is 0.731. The largest absolute Gasteiger partial charge is 0.347 e. The highest BCUT2D eigenvalue weighted by Crippen LogP contribution is 2.02. The Hall–Kier alpha value is -0.590. The molecule has 5 nitrogen and oxygen atoms in total. The standard InChI is InChI=1S/C8H14ClN3O2S/c1-7(2-9)5-15(13,14)12-4-8-3-10-6-11-8/h3,6-7,12H,2,4-5H2,1H3,(H,10,11). The fraction of sp³-hybridized carbons (Fsp3) is 0.625. The lowest BCUT2D eigenvalue weighted by molar-refractivity contribution is 0.568. The lowest BCUT2D eigenvalue weighted by atomic mass is 10.3. The Balaban J connectivity index is 2.43. The van der Waals surface area contributed by atoms with Crippen LogP contribution in [-0.4, -0.2) is 30.0 Å². The summed E-state index contributed by atoms with van der Waals surface area (Å²) in [6, 6.07) is 0. The first kappa shape index (κ1) is 12.5. The number of hydrogen-bond donors (Lipinski definition) is 2. The average Bonchev–Trinajstić information content (AvgIpc) is 2.66. The maximum Gasteiger partial charge on any atom is 0.212 e. The van der Waals surface area contributed by atoms with Crippen LogP contribution in [0.5, 0.6) is 0 Å². The monoisotopic (exact) mass is 251 g/mol. The first-order chi connectivity index (χ1) is 7.03. The molecule has 15 heavy (non-hydrogen) atoms. The number of halogens is 1. The third kappa shape index (κ3) is 4.63. The second kappa shape index (κ2) is 5.48. The summed E-state index contributed by atoms with van der Waals surface area (Å²) >= 11 is 5.55. The van der Waals surface area contributed by atoms with Gasteiger partial charge in [0.25, 0.3) is 0 Å². The Kier molecular flexibility index (Phi) is 4.56. The van der Waals surface area contributed by atoms with Crippen molar-refractivity contribution in [1.29, 1.82) is 0 Å². The van der Waals surface area contributed by atoms with Crippen LogP contribution < -0.4 is 4.72 Å². The summed E-state index contributed by atoms with van der Waals surface area (Å²) in [5, 5.41) is 0. The molecule has 86 valence electrons. The van der Waals surface area contributed by atoms with E-state index in [2.05, 4.69) is 14.7 Å². The minimum absolute atomic E-state index is 0.0463.